The summed E-state index contributed by atoms with van der Waals surface area (Å²) in [6.07, 6.45) is 10.9. The van der Waals surface area contributed by atoms with Crippen LogP contribution >= 0.6 is 0 Å². The minimum absolute atomic E-state index is 0.0109. The zero-order chi connectivity index (χ0) is 17.3. The molecule has 2 fully saturated rings. The van der Waals surface area contributed by atoms with Crippen LogP contribution in [0.1, 0.15) is 25.1 Å². The van der Waals surface area contributed by atoms with E-state index in [9.17, 15) is 9.90 Å². The molecule has 8 nitrogen and oxygen atoms in total. The molecule has 2 atom stereocenters. The Bertz CT molecular complexity index is 722. The first-order valence-electron chi connectivity index (χ1n) is 8.66. The monoisotopic (exact) mass is 342 g/mol. The first-order chi connectivity index (χ1) is 12.2. The quantitative estimate of drug-likeness (QED) is 0.860. The molecule has 8 heteroatoms. The average molecular weight is 342 g/mol. The van der Waals surface area contributed by atoms with Gasteiger partial charge >= 0.3 is 5.97 Å². The molecule has 4 heterocycles. The third kappa shape index (κ3) is 2.86. The lowest BCUT2D eigenvalue weighted by molar-refractivity contribution is -0.158. The van der Waals surface area contributed by atoms with Crippen molar-refractivity contribution in [1.82, 2.24) is 24.8 Å². The van der Waals surface area contributed by atoms with E-state index < -0.39 is 11.4 Å². The number of imidazole rings is 1. The van der Waals surface area contributed by atoms with Gasteiger partial charge in [0.2, 0.25) is 0 Å². The number of nitrogens with one attached hydrogen (secondary N) is 1. The fraction of sp³-hybridized carbons (Fsp3) is 0.529. The molecule has 0 bridgehead atoms. The second-order valence-electron chi connectivity index (χ2n) is 6.86. The summed E-state index contributed by atoms with van der Waals surface area (Å²) < 4.78 is 0. The van der Waals surface area contributed by atoms with Crippen molar-refractivity contribution >= 4 is 11.8 Å². The summed E-state index contributed by atoms with van der Waals surface area (Å²) in [6.45, 7) is 2.83. The molecule has 132 valence electrons. The fourth-order valence-electron chi connectivity index (χ4n) is 4.34. The van der Waals surface area contributed by atoms with Gasteiger partial charge in [-0.2, -0.15) is 0 Å². The first kappa shape index (κ1) is 16.0. The van der Waals surface area contributed by atoms with E-state index in [1.807, 2.05) is 0 Å². The molecule has 2 saturated heterocycles. The largest absolute Gasteiger partial charge is 0.481 e. The predicted octanol–water partition coefficient (Wildman–Crippen LogP) is 1.15. The van der Waals surface area contributed by atoms with Crippen molar-refractivity contribution in [3.8, 4) is 0 Å². The third-order valence-electron chi connectivity index (χ3n) is 5.50. The third-order valence-corrected chi connectivity index (χ3v) is 5.50. The number of fused-ring (bicyclic) bond motifs is 1. The fourth-order valence-corrected chi connectivity index (χ4v) is 4.34. The summed E-state index contributed by atoms with van der Waals surface area (Å²) in [5.41, 5.74) is -0.777. The summed E-state index contributed by atoms with van der Waals surface area (Å²) in [4.78, 5) is 32.6. The average Bonchev–Trinajstić information content (AvgIpc) is 3.15. The Kier molecular flexibility index (Phi) is 4.12. The Morgan fingerprint density at radius 3 is 2.96 bits per heavy atom. The number of anilines is 1. The molecular formula is C17H22N6O2. The molecular weight excluding hydrogens is 320 g/mol. The molecule has 0 amide bonds. The van der Waals surface area contributed by atoms with Crippen LogP contribution in [0.5, 0.6) is 0 Å². The number of carboxylic acid groups (broad SMARTS) is 1. The number of aliphatic carboxylic acids is 1. The normalized spacial score (nSPS) is 27.0. The van der Waals surface area contributed by atoms with Gasteiger partial charge in [0.05, 0.1) is 12.7 Å². The molecule has 2 aromatic heterocycles. The molecule has 2 N–H and O–H groups in total. The number of piperidine rings is 2. The number of carboxylic acids is 1. The number of carbonyl (C=O) groups is 1. The highest BCUT2D eigenvalue weighted by molar-refractivity contribution is 5.77. The van der Waals surface area contributed by atoms with Crippen LogP contribution in [-0.2, 0) is 11.3 Å². The SMILES string of the molecule is O=C(O)[C@]12CCCN(Cc3ncc[nH]3)[C@@H]1CCN(c1cnccn1)C2. The zero-order valence-corrected chi connectivity index (χ0v) is 14.0. The highest BCUT2D eigenvalue weighted by atomic mass is 16.4. The molecule has 0 aromatic carbocycles. The van der Waals surface area contributed by atoms with E-state index in [1.54, 1.807) is 31.0 Å². The van der Waals surface area contributed by atoms with Gasteiger partial charge in [0.25, 0.3) is 0 Å². The second kappa shape index (κ2) is 6.44. The Balaban J connectivity index is 1.60. The van der Waals surface area contributed by atoms with E-state index >= 15 is 0 Å². The van der Waals surface area contributed by atoms with Crippen LogP contribution in [0.3, 0.4) is 0 Å². The van der Waals surface area contributed by atoms with Crippen LogP contribution in [0.4, 0.5) is 5.82 Å². The van der Waals surface area contributed by atoms with Crippen molar-refractivity contribution in [1.29, 1.82) is 0 Å². The number of H-pyrrole nitrogens is 1. The Labute approximate surface area is 145 Å². The Hall–Kier alpha value is -2.48. The van der Waals surface area contributed by atoms with Gasteiger partial charge in [-0.15, -0.1) is 0 Å². The van der Waals surface area contributed by atoms with Gasteiger partial charge in [-0.1, -0.05) is 0 Å². The van der Waals surface area contributed by atoms with Crippen molar-refractivity contribution in [3.05, 3.63) is 36.8 Å². The summed E-state index contributed by atoms with van der Waals surface area (Å²) in [7, 11) is 0. The van der Waals surface area contributed by atoms with E-state index in [4.69, 9.17) is 0 Å². The van der Waals surface area contributed by atoms with Gasteiger partial charge in [-0.05, 0) is 25.8 Å². The highest BCUT2D eigenvalue weighted by Crippen LogP contribution is 2.43. The Morgan fingerprint density at radius 1 is 1.32 bits per heavy atom. The number of hydrogen-bond donors (Lipinski definition) is 2. The molecule has 2 aliphatic rings. The molecule has 25 heavy (non-hydrogen) atoms. The van der Waals surface area contributed by atoms with Crippen LogP contribution in [0.15, 0.2) is 31.0 Å². The molecule has 2 aliphatic heterocycles. The molecule has 0 radical (unpaired) electrons. The zero-order valence-electron chi connectivity index (χ0n) is 14.0. The van der Waals surface area contributed by atoms with Gasteiger partial charge < -0.3 is 15.0 Å². The minimum Gasteiger partial charge on any atom is -0.481 e. The lowest BCUT2D eigenvalue weighted by Gasteiger charge is -2.52. The first-order valence-corrected chi connectivity index (χ1v) is 8.66. The number of aromatic amines is 1. The van der Waals surface area contributed by atoms with Crippen molar-refractivity contribution < 1.29 is 9.90 Å². The van der Waals surface area contributed by atoms with Gasteiger partial charge in [0.15, 0.2) is 0 Å². The van der Waals surface area contributed by atoms with Crippen molar-refractivity contribution in [2.24, 2.45) is 5.41 Å². The second-order valence-corrected chi connectivity index (χ2v) is 6.86. The molecule has 0 aliphatic carbocycles. The van der Waals surface area contributed by atoms with Crippen LogP contribution < -0.4 is 4.90 Å². The van der Waals surface area contributed by atoms with Crippen LogP contribution in [0, 0.1) is 5.41 Å². The van der Waals surface area contributed by atoms with E-state index in [2.05, 4.69) is 29.7 Å². The van der Waals surface area contributed by atoms with Crippen LogP contribution in [-0.4, -0.2) is 61.6 Å². The topological polar surface area (TPSA) is 98.2 Å². The number of rotatable bonds is 4. The molecule has 4 rings (SSSR count). The van der Waals surface area contributed by atoms with Crippen LogP contribution in [0.2, 0.25) is 0 Å². The molecule has 0 saturated carbocycles. The maximum atomic E-state index is 12.3. The maximum absolute atomic E-state index is 12.3. The maximum Gasteiger partial charge on any atom is 0.313 e. The lowest BCUT2D eigenvalue weighted by Crippen LogP contribution is -2.64. The number of hydrogen-bond acceptors (Lipinski definition) is 6. The van der Waals surface area contributed by atoms with E-state index in [-0.39, 0.29) is 6.04 Å². The van der Waals surface area contributed by atoms with E-state index in [0.717, 1.165) is 37.6 Å². The predicted molar refractivity (Wildman–Crippen MR) is 91.0 cm³/mol. The highest BCUT2D eigenvalue weighted by Gasteiger charge is 2.53. The summed E-state index contributed by atoms with van der Waals surface area (Å²) in [6, 6.07) is 0.0109. The lowest BCUT2D eigenvalue weighted by atomic mass is 9.69. The van der Waals surface area contributed by atoms with Crippen molar-refractivity contribution in [2.75, 3.05) is 24.5 Å². The molecule has 0 spiro atoms. The van der Waals surface area contributed by atoms with Crippen molar-refractivity contribution in [2.45, 2.75) is 31.8 Å². The number of aromatic nitrogens is 4. The smallest absolute Gasteiger partial charge is 0.313 e. The van der Waals surface area contributed by atoms with E-state index in [1.165, 1.54) is 0 Å². The van der Waals surface area contributed by atoms with Crippen LogP contribution in [0.25, 0.3) is 0 Å². The molecule has 0 unspecified atom stereocenters. The van der Waals surface area contributed by atoms with Gasteiger partial charge in [0.1, 0.15) is 17.1 Å². The van der Waals surface area contributed by atoms with Gasteiger partial charge in [0, 0.05) is 43.9 Å². The Morgan fingerprint density at radius 2 is 2.24 bits per heavy atom. The standard InChI is InChI=1S/C17H22N6O2/c24-16(25)17-3-1-8-22(11-14-19-6-7-20-14)13(17)2-9-23(12-17)15-10-18-4-5-21-15/h4-7,10,13H,1-3,8-9,11-12H2,(H,19,20)(H,24,25)/t13-,17+/m1/s1. The van der Waals surface area contributed by atoms with Gasteiger partial charge in [-0.25, -0.2) is 9.97 Å². The summed E-state index contributed by atoms with van der Waals surface area (Å²) in [5, 5.41) is 10.1. The van der Waals surface area contributed by atoms with E-state index in [0.29, 0.717) is 19.5 Å². The number of nitrogens with zero attached hydrogens (tertiary/aromatic N) is 5. The van der Waals surface area contributed by atoms with Gasteiger partial charge in [-0.3, -0.25) is 14.7 Å². The summed E-state index contributed by atoms with van der Waals surface area (Å²) >= 11 is 0. The molecule has 2 aromatic rings. The minimum atomic E-state index is -0.777. The van der Waals surface area contributed by atoms with Crippen molar-refractivity contribution in [3.63, 3.8) is 0 Å². The number of likely N-dealkylation sites (tertiary alicyclic amines) is 1. The summed E-state index contributed by atoms with van der Waals surface area (Å²) in [5.74, 6) is 0.928.